The van der Waals surface area contributed by atoms with E-state index in [-0.39, 0.29) is 0 Å². The number of rotatable bonds is 6. The van der Waals surface area contributed by atoms with Crippen molar-refractivity contribution in [3.05, 3.63) is 39.7 Å². The summed E-state index contributed by atoms with van der Waals surface area (Å²) >= 11 is 12.0. The SMILES string of the molecule is CCOCc1nnc(NCc2cccc(Cl)c2Cl)o1. The molecule has 2 aromatic rings. The molecule has 0 saturated carbocycles. The van der Waals surface area contributed by atoms with E-state index in [1.54, 1.807) is 6.07 Å². The molecular formula is C12H13Cl2N3O2. The van der Waals surface area contributed by atoms with E-state index >= 15 is 0 Å². The lowest BCUT2D eigenvalue weighted by Gasteiger charge is -2.05. The lowest BCUT2D eigenvalue weighted by atomic mass is 10.2. The van der Waals surface area contributed by atoms with Crippen molar-refractivity contribution in [1.82, 2.24) is 10.2 Å². The normalized spacial score (nSPS) is 10.7. The molecular weight excluding hydrogens is 289 g/mol. The third-order valence-corrected chi connectivity index (χ3v) is 3.22. The van der Waals surface area contributed by atoms with Gasteiger partial charge in [0.1, 0.15) is 6.61 Å². The Labute approximate surface area is 120 Å². The second-order valence-corrected chi connectivity index (χ2v) is 4.49. The monoisotopic (exact) mass is 301 g/mol. The summed E-state index contributed by atoms with van der Waals surface area (Å²) in [4.78, 5) is 0. The number of aromatic nitrogens is 2. The Balaban J connectivity index is 1.95. The molecule has 7 heteroatoms. The summed E-state index contributed by atoms with van der Waals surface area (Å²) < 4.78 is 10.5. The van der Waals surface area contributed by atoms with Crippen LogP contribution in [0, 0.1) is 0 Å². The van der Waals surface area contributed by atoms with Crippen molar-refractivity contribution >= 4 is 29.2 Å². The highest BCUT2D eigenvalue weighted by atomic mass is 35.5. The lowest BCUT2D eigenvalue weighted by molar-refractivity contribution is 0.115. The second kappa shape index (κ2) is 6.75. The third-order valence-electron chi connectivity index (χ3n) is 2.36. The van der Waals surface area contributed by atoms with Crippen LogP contribution in [0.15, 0.2) is 22.6 Å². The summed E-state index contributed by atoms with van der Waals surface area (Å²) in [6, 6.07) is 5.77. The molecule has 0 unspecified atom stereocenters. The van der Waals surface area contributed by atoms with Crippen LogP contribution in [-0.4, -0.2) is 16.8 Å². The molecule has 1 N–H and O–H groups in total. The van der Waals surface area contributed by atoms with Gasteiger partial charge in [0, 0.05) is 13.2 Å². The van der Waals surface area contributed by atoms with Gasteiger partial charge in [0.2, 0.25) is 5.89 Å². The third kappa shape index (κ3) is 3.83. The predicted octanol–water partition coefficient (Wildman–Crippen LogP) is 3.53. The Hall–Kier alpha value is -1.30. The number of nitrogens with one attached hydrogen (secondary N) is 1. The number of halogens is 2. The second-order valence-electron chi connectivity index (χ2n) is 3.70. The van der Waals surface area contributed by atoms with E-state index in [2.05, 4.69) is 15.5 Å². The molecule has 0 spiro atoms. The van der Waals surface area contributed by atoms with Gasteiger partial charge in [-0.3, -0.25) is 0 Å². The number of ether oxygens (including phenoxy) is 1. The minimum atomic E-state index is 0.309. The quantitative estimate of drug-likeness (QED) is 0.884. The fourth-order valence-corrected chi connectivity index (χ4v) is 1.82. The molecule has 102 valence electrons. The van der Waals surface area contributed by atoms with Crippen molar-refractivity contribution in [2.24, 2.45) is 0 Å². The van der Waals surface area contributed by atoms with Gasteiger partial charge in [-0.2, -0.15) is 0 Å². The first-order valence-electron chi connectivity index (χ1n) is 5.77. The van der Waals surface area contributed by atoms with Crippen LogP contribution in [0.3, 0.4) is 0 Å². The van der Waals surface area contributed by atoms with Crippen LogP contribution in [-0.2, 0) is 17.9 Å². The summed E-state index contributed by atoms with van der Waals surface area (Å²) in [7, 11) is 0. The van der Waals surface area contributed by atoms with E-state index in [1.807, 2.05) is 19.1 Å². The first kappa shape index (κ1) is 14.1. The van der Waals surface area contributed by atoms with Crippen LogP contribution in [0.5, 0.6) is 0 Å². The molecule has 1 aromatic carbocycles. The van der Waals surface area contributed by atoms with Gasteiger partial charge in [0.15, 0.2) is 0 Å². The number of nitrogens with zero attached hydrogens (tertiary/aromatic N) is 2. The van der Waals surface area contributed by atoms with Gasteiger partial charge >= 0.3 is 6.01 Å². The van der Waals surface area contributed by atoms with Crippen LogP contribution in [0.25, 0.3) is 0 Å². The summed E-state index contributed by atoms with van der Waals surface area (Å²) in [5, 5.41) is 11.7. The van der Waals surface area contributed by atoms with Crippen molar-refractivity contribution in [1.29, 1.82) is 0 Å². The fourth-order valence-electron chi connectivity index (χ4n) is 1.43. The van der Waals surface area contributed by atoms with Gasteiger partial charge in [-0.1, -0.05) is 40.4 Å². The van der Waals surface area contributed by atoms with Crippen molar-refractivity contribution < 1.29 is 9.15 Å². The molecule has 19 heavy (non-hydrogen) atoms. The number of hydrogen-bond donors (Lipinski definition) is 1. The molecule has 2 rings (SSSR count). The molecule has 0 fully saturated rings. The molecule has 0 saturated heterocycles. The van der Waals surface area contributed by atoms with Crippen LogP contribution in [0.4, 0.5) is 6.01 Å². The van der Waals surface area contributed by atoms with E-state index in [0.717, 1.165) is 5.56 Å². The molecule has 0 aliphatic carbocycles. The van der Waals surface area contributed by atoms with Crippen LogP contribution >= 0.6 is 23.2 Å². The maximum Gasteiger partial charge on any atom is 0.315 e. The average Bonchev–Trinajstić information content (AvgIpc) is 2.86. The number of hydrogen-bond acceptors (Lipinski definition) is 5. The van der Waals surface area contributed by atoms with Gasteiger partial charge in [-0.15, -0.1) is 5.10 Å². The fraction of sp³-hybridized carbons (Fsp3) is 0.333. The zero-order chi connectivity index (χ0) is 13.7. The van der Waals surface area contributed by atoms with E-state index in [1.165, 1.54) is 0 Å². The summed E-state index contributed by atoms with van der Waals surface area (Å²) in [5.74, 6) is 0.432. The molecule has 0 aliphatic heterocycles. The molecule has 1 heterocycles. The number of anilines is 1. The number of benzene rings is 1. The molecule has 1 aromatic heterocycles. The topological polar surface area (TPSA) is 60.2 Å². The van der Waals surface area contributed by atoms with Crippen LogP contribution in [0.1, 0.15) is 18.4 Å². The maximum absolute atomic E-state index is 6.07. The van der Waals surface area contributed by atoms with E-state index in [0.29, 0.717) is 41.7 Å². The molecule has 5 nitrogen and oxygen atoms in total. The van der Waals surface area contributed by atoms with Gasteiger partial charge in [-0.25, -0.2) is 0 Å². The van der Waals surface area contributed by atoms with Gasteiger partial charge in [-0.05, 0) is 18.6 Å². The Kier molecular flexibility index (Phi) is 5.01. The Morgan fingerprint density at radius 2 is 2.16 bits per heavy atom. The Bertz CT molecular complexity index is 546. The average molecular weight is 302 g/mol. The van der Waals surface area contributed by atoms with Gasteiger partial charge < -0.3 is 14.5 Å². The Morgan fingerprint density at radius 3 is 2.95 bits per heavy atom. The van der Waals surface area contributed by atoms with Crippen LogP contribution in [0.2, 0.25) is 10.0 Å². The summed E-state index contributed by atoms with van der Waals surface area (Å²) in [5.41, 5.74) is 0.860. The molecule has 0 atom stereocenters. The van der Waals surface area contributed by atoms with Crippen molar-refractivity contribution in [2.45, 2.75) is 20.1 Å². The minimum Gasteiger partial charge on any atom is -0.406 e. The Morgan fingerprint density at radius 1 is 1.32 bits per heavy atom. The highest BCUT2D eigenvalue weighted by Crippen LogP contribution is 2.25. The first-order valence-corrected chi connectivity index (χ1v) is 6.53. The van der Waals surface area contributed by atoms with Crippen molar-refractivity contribution in [3.63, 3.8) is 0 Å². The van der Waals surface area contributed by atoms with Gasteiger partial charge in [0.05, 0.1) is 10.0 Å². The van der Waals surface area contributed by atoms with Crippen molar-refractivity contribution in [2.75, 3.05) is 11.9 Å². The lowest BCUT2D eigenvalue weighted by Crippen LogP contribution is -2.00. The highest BCUT2D eigenvalue weighted by Gasteiger charge is 2.08. The molecule has 0 amide bonds. The first-order chi connectivity index (χ1) is 9.20. The van der Waals surface area contributed by atoms with E-state index in [9.17, 15) is 0 Å². The summed E-state index contributed by atoms with van der Waals surface area (Å²) in [6.07, 6.45) is 0. The highest BCUT2D eigenvalue weighted by molar-refractivity contribution is 6.42. The smallest absolute Gasteiger partial charge is 0.315 e. The van der Waals surface area contributed by atoms with Crippen LogP contribution < -0.4 is 5.32 Å². The van der Waals surface area contributed by atoms with Gasteiger partial charge in [0.25, 0.3) is 0 Å². The van der Waals surface area contributed by atoms with E-state index in [4.69, 9.17) is 32.4 Å². The largest absolute Gasteiger partial charge is 0.406 e. The zero-order valence-corrected chi connectivity index (χ0v) is 11.8. The van der Waals surface area contributed by atoms with E-state index < -0.39 is 0 Å². The minimum absolute atomic E-state index is 0.309. The maximum atomic E-state index is 6.07. The van der Waals surface area contributed by atoms with Crippen molar-refractivity contribution in [3.8, 4) is 0 Å². The predicted molar refractivity (Wildman–Crippen MR) is 73.4 cm³/mol. The molecule has 0 radical (unpaired) electrons. The zero-order valence-electron chi connectivity index (χ0n) is 10.3. The summed E-state index contributed by atoms with van der Waals surface area (Å²) in [6.45, 7) is 3.26. The standard InChI is InChI=1S/C12H13Cl2N3O2/c1-2-18-7-10-16-17-12(19-10)15-6-8-4-3-5-9(13)11(8)14/h3-5H,2,6-7H2,1H3,(H,15,17). The molecule has 0 bridgehead atoms. The molecule has 0 aliphatic rings.